The summed E-state index contributed by atoms with van der Waals surface area (Å²) in [6, 6.07) is 23.5. The number of hydrogen-bond acceptors (Lipinski definition) is 2. The number of aryl methyl sites for hydroxylation is 2. The number of carbonyl (C=O) groups excluding carboxylic acids is 1. The molecular weight excluding hydrogens is 484 g/mol. The Kier molecular flexibility index (Phi) is 5.79. The largest absolute Gasteiger partial charge is 0.322 e. The van der Waals surface area contributed by atoms with Gasteiger partial charge in [0.05, 0.1) is 29.7 Å². The number of para-hydroxylation sites is 1. The molecule has 6 nitrogen and oxygen atoms in total. The molecule has 1 aliphatic rings. The second kappa shape index (κ2) is 9.30. The number of hydrogen-bond donors (Lipinski definition) is 1. The molecular formula is C30H25F2N5O. The zero-order valence-electron chi connectivity index (χ0n) is 20.9. The number of carbonyl (C=O) groups is 1. The molecule has 38 heavy (non-hydrogen) atoms. The Labute approximate surface area is 218 Å². The zero-order chi connectivity index (χ0) is 26.4. The summed E-state index contributed by atoms with van der Waals surface area (Å²) in [6.07, 6.45) is 1.95. The number of anilines is 1. The number of aromatic nitrogens is 3. The summed E-state index contributed by atoms with van der Waals surface area (Å²) in [7, 11) is 0. The molecule has 0 bridgehead atoms. The van der Waals surface area contributed by atoms with Crippen molar-refractivity contribution in [2.24, 2.45) is 0 Å². The molecule has 1 N–H and O–H groups in total. The number of urea groups is 1. The van der Waals surface area contributed by atoms with Crippen LogP contribution in [0.15, 0.2) is 91.1 Å². The van der Waals surface area contributed by atoms with E-state index in [0.29, 0.717) is 11.3 Å². The van der Waals surface area contributed by atoms with Gasteiger partial charge in [0.1, 0.15) is 17.5 Å². The second-order valence-corrected chi connectivity index (χ2v) is 9.41. The smallest absolute Gasteiger partial charge is 0.308 e. The quantitative estimate of drug-likeness (QED) is 0.294. The normalized spacial score (nSPS) is 14.5. The van der Waals surface area contributed by atoms with E-state index in [2.05, 4.69) is 5.32 Å². The Morgan fingerprint density at radius 2 is 1.71 bits per heavy atom. The van der Waals surface area contributed by atoms with Crippen LogP contribution < -0.4 is 5.32 Å². The molecule has 3 heterocycles. The van der Waals surface area contributed by atoms with Crippen molar-refractivity contribution in [3.8, 4) is 11.5 Å². The highest BCUT2D eigenvalue weighted by Crippen LogP contribution is 2.38. The van der Waals surface area contributed by atoms with Crippen LogP contribution in [0, 0.1) is 25.5 Å². The van der Waals surface area contributed by atoms with Gasteiger partial charge in [0.2, 0.25) is 0 Å². The summed E-state index contributed by atoms with van der Waals surface area (Å²) in [5.41, 5.74) is 4.96. The maximum absolute atomic E-state index is 14.3. The van der Waals surface area contributed by atoms with Crippen LogP contribution in [0.2, 0.25) is 0 Å². The van der Waals surface area contributed by atoms with E-state index in [1.165, 1.54) is 18.2 Å². The van der Waals surface area contributed by atoms with E-state index in [1.54, 1.807) is 36.1 Å². The lowest BCUT2D eigenvalue weighted by Gasteiger charge is -2.31. The maximum Gasteiger partial charge on any atom is 0.322 e. The van der Waals surface area contributed by atoms with Gasteiger partial charge >= 0.3 is 6.03 Å². The highest BCUT2D eigenvalue weighted by Gasteiger charge is 2.36. The molecule has 0 saturated heterocycles. The number of nitrogens with zero attached hydrogens (tertiary/aromatic N) is 4. The van der Waals surface area contributed by atoms with E-state index in [1.807, 2.05) is 64.8 Å². The van der Waals surface area contributed by atoms with Crippen molar-refractivity contribution in [3.05, 3.63) is 131 Å². The zero-order valence-corrected chi connectivity index (χ0v) is 20.9. The van der Waals surface area contributed by atoms with Crippen LogP contribution in [0.4, 0.5) is 19.3 Å². The molecule has 0 radical (unpaired) electrons. The molecule has 2 aromatic heterocycles. The molecule has 0 aliphatic carbocycles. The van der Waals surface area contributed by atoms with Crippen molar-refractivity contribution in [2.45, 2.75) is 26.4 Å². The molecule has 6 rings (SSSR count). The minimum atomic E-state index is -0.545. The van der Waals surface area contributed by atoms with Crippen molar-refractivity contribution < 1.29 is 13.6 Å². The summed E-state index contributed by atoms with van der Waals surface area (Å²) in [4.78, 5) is 15.6. The Bertz CT molecular complexity index is 1640. The molecule has 5 aromatic rings. The number of amides is 2. The van der Waals surface area contributed by atoms with Crippen molar-refractivity contribution in [1.29, 1.82) is 0 Å². The number of fused-ring (bicyclic) bond motifs is 3. The van der Waals surface area contributed by atoms with Crippen LogP contribution in [-0.2, 0) is 6.54 Å². The molecule has 0 saturated carbocycles. The average molecular weight is 510 g/mol. The molecule has 1 atom stereocenters. The van der Waals surface area contributed by atoms with Gasteiger partial charge in [0.25, 0.3) is 0 Å². The number of rotatable bonds is 3. The fraction of sp³-hybridized carbons (Fsp3) is 0.133. The lowest BCUT2D eigenvalue weighted by Crippen LogP contribution is -2.38. The van der Waals surface area contributed by atoms with E-state index in [-0.39, 0.29) is 12.4 Å². The third kappa shape index (κ3) is 4.04. The van der Waals surface area contributed by atoms with Crippen LogP contribution in [0.1, 0.15) is 34.1 Å². The summed E-state index contributed by atoms with van der Waals surface area (Å²) >= 11 is 0. The summed E-state index contributed by atoms with van der Waals surface area (Å²) < 4.78 is 32.1. The van der Waals surface area contributed by atoms with E-state index in [0.717, 1.165) is 34.0 Å². The van der Waals surface area contributed by atoms with Gasteiger partial charge in [-0.3, -0.25) is 0 Å². The first-order valence-electron chi connectivity index (χ1n) is 12.3. The van der Waals surface area contributed by atoms with Gasteiger partial charge in [-0.25, -0.2) is 18.3 Å². The van der Waals surface area contributed by atoms with Crippen LogP contribution >= 0.6 is 0 Å². The van der Waals surface area contributed by atoms with E-state index >= 15 is 0 Å². The number of benzene rings is 3. The highest BCUT2D eigenvalue weighted by atomic mass is 19.1. The lowest BCUT2D eigenvalue weighted by molar-refractivity contribution is 0.194. The molecule has 1 aliphatic heterocycles. The van der Waals surface area contributed by atoms with Crippen molar-refractivity contribution in [3.63, 3.8) is 0 Å². The Morgan fingerprint density at radius 1 is 0.947 bits per heavy atom. The molecule has 0 spiro atoms. The van der Waals surface area contributed by atoms with Gasteiger partial charge in [0.15, 0.2) is 0 Å². The summed E-state index contributed by atoms with van der Waals surface area (Å²) in [5, 5.41) is 7.70. The third-order valence-corrected chi connectivity index (χ3v) is 6.96. The first-order chi connectivity index (χ1) is 18.4. The Balaban J connectivity index is 1.52. The molecule has 0 unspecified atom stereocenters. The SMILES string of the molecule is Cc1ccc(NC(=O)N2Cc3c(C)nn(-c4ccccc4)c3-n3cccc3[C@H]2c2ccc(F)cc2)cc1F. The molecule has 2 amide bonds. The average Bonchev–Trinajstić information content (AvgIpc) is 3.48. The predicted octanol–water partition coefficient (Wildman–Crippen LogP) is 6.70. The summed E-state index contributed by atoms with van der Waals surface area (Å²) in [6.45, 7) is 3.83. The van der Waals surface area contributed by atoms with Crippen LogP contribution in [0.3, 0.4) is 0 Å². The minimum Gasteiger partial charge on any atom is -0.308 e. The number of nitrogens with one attached hydrogen (secondary N) is 1. The highest BCUT2D eigenvalue weighted by molar-refractivity contribution is 5.90. The first kappa shape index (κ1) is 23.7. The molecule has 0 fully saturated rings. The topological polar surface area (TPSA) is 55.1 Å². The molecule has 3 aromatic carbocycles. The van der Waals surface area contributed by atoms with Gasteiger partial charge in [-0.15, -0.1) is 0 Å². The molecule has 190 valence electrons. The van der Waals surface area contributed by atoms with Gasteiger partial charge in [0, 0.05) is 17.4 Å². The van der Waals surface area contributed by atoms with Crippen molar-refractivity contribution >= 4 is 11.7 Å². The first-order valence-corrected chi connectivity index (χ1v) is 12.3. The number of halogens is 2. The predicted molar refractivity (Wildman–Crippen MR) is 142 cm³/mol. The van der Waals surface area contributed by atoms with Crippen molar-refractivity contribution in [1.82, 2.24) is 19.2 Å². The van der Waals surface area contributed by atoms with Gasteiger partial charge in [-0.1, -0.05) is 36.4 Å². The van der Waals surface area contributed by atoms with Gasteiger partial charge < -0.3 is 14.8 Å². The monoisotopic (exact) mass is 509 g/mol. The molecule has 8 heteroatoms. The van der Waals surface area contributed by atoms with Crippen molar-refractivity contribution in [2.75, 3.05) is 5.32 Å². The lowest BCUT2D eigenvalue weighted by atomic mass is 10.0. The van der Waals surface area contributed by atoms with E-state index in [4.69, 9.17) is 5.10 Å². The summed E-state index contributed by atoms with van der Waals surface area (Å²) in [5.74, 6) is 0.0742. The van der Waals surface area contributed by atoms with Crippen LogP contribution in [0.25, 0.3) is 11.5 Å². The maximum atomic E-state index is 14.3. The van der Waals surface area contributed by atoms with Crippen LogP contribution in [0.5, 0.6) is 0 Å². The van der Waals surface area contributed by atoms with Gasteiger partial charge in [-0.05, 0) is 73.5 Å². The van der Waals surface area contributed by atoms with Gasteiger partial charge in [-0.2, -0.15) is 5.10 Å². The minimum absolute atomic E-state index is 0.234. The van der Waals surface area contributed by atoms with E-state index in [9.17, 15) is 13.6 Å². The Hall–Kier alpha value is -4.72. The fourth-order valence-corrected chi connectivity index (χ4v) is 5.01. The standard InChI is InChI=1S/C30H25F2N5O/c1-19-10-15-23(17-26(19)32)33-30(38)36-18-25-20(2)34-37(24-7-4-3-5-8-24)29(25)35-16-6-9-27(35)28(36)21-11-13-22(31)14-12-21/h3-17,28H,18H2,1-2H3,(H,33,38)/t28-/m1/s1. The van der Waals surface area contributed by atoms with E-state index < -0.39 is 17.9 Å². The second-order valence-electron chi connectivity index (χ2n) is 9.41. The van der Waals surface area contributed by atoms with Crippen LogP contribution in [-0.4, -0.2) is 25.3 Å². The fourth-order valence-electron chi connectivity index (χ4n) is 5.01. The third-order valence-electron chi connectivity index (χ3n) is 6.96. The Morgan fingerprint density at radius 3 is 2.45 bits per heavy atom.